The van der Waals surface area contributed by atoms with Crippen molar-refractivity contribution in [3.63, 3.8) is 0 Å². The Morgan fingerprint density at radius 2 is 1.73 bits per heavy atom. The standard InChI is InChI=1S/C17H27NO4/c1-6-21-15(19)11(2)12-7-13-9-18(10-14(13)8-12)16(20)22-17(3,4)5/h13-14H,6-10H2,1-5H3. The number of fused-ring (bicyclic) bond motifs is 1. The first-order valence-corrected chi connectivity index (χ1v) is 8.05. The molecule has 1 aliphatic heterocycles. The van der Waals surface area contributed by atoms with E-state index < -0.39 is 5.60 Å². The topological polar surface area (TPSA) is 55.8 Å². The summed E-state index contributed by atoms with van der Waals surface area (Å²) in [5.41, 5.74) is 1.48. The first kappa shape index (κ1) is 16.8. The molecule has 2 unspecified atom stereocenters. The zero-order chi connectivity index (χ0) is 16.5. The van der Waals surface area contributed by atoms with Crippen LogP contribution >= 0.6 is 0 Å². The van der Waals surface area contributed by atoms with Gasteiger partial charge in [-0.05, 0) is 59.3 Å². The molecule has 0 radical (unpaired) electrons. The number of nitrogens with zero attached hydrogens (tertiary/aromatic N) is 1. The van der Waals surface area contributed by atoms with Crippen LogP contribution in [0, 0.1) is 11.8 Å². The Bertz CT molecular complexity index is 473. The van der Waals surface area contributed by atoms with Gasteiger partial charge >= 0.3 is 12.1 Å². The lowest BCUT2D eigenvalue weighted by molar-refractivity contribution is -0.138. The molecule has 2 rings (SSSR count). The van der Waals surface area contributed by atoms with E-state index in [1.165, 1.54) is 5.57 Å². The molecule has 1 heterocycles. The molecule has 124 valence electrons. The number of rotatable bonds is 2. The highest BCUT2D eigenvalue weighted by atomic mass is 16.6. The average molecular weight is 309 g/mol. The van der Waals surface area contributed by atoms with Gasteiger partial charge in [0.15, 0.2) is 0 Å². The fraction of sp³-hybridized carbons (Fsp3) is 0.765. The maximum Gasteiger partial charge on any atom is 0.410 e. The van der Waals surface area contributed by atoms with Crippen molar-refractivity contribution in [2.75, 3.05) is 19.7 Å². The molecule has 1 saturated heterocycles. The van der Waals surface area contributed by atoms with E-state index in [9.17, 15) is 9.59 Å². The molecule has 1 saturated carbocycles. The van der Waals surface area contributed by atoms with Gasteiger partial charge in [0.1, 0.15) is 5.60 Å². The summed E-state index contributed by atoms with van der Waals surface area (Å²) in [6, 6.07) is 0. The summed E-state index contributed by atoms with van der Waals surface area (Å²) in [6.45, 7) is 11.2. The lowest BCUT2D eigenvalue weighted by Gasteiger charge is -2.25. The number of hydrogen-bond donors (Lipinski definition) is 0. The van der Waals surface area contributed by atoms with E-state index in [4.69, 9.17) is 9.47 Å². The SMILES string of the molecule is CCOC(=O)C(C)=C1CC2CN(C(=O)OC(C)(C)C)CC2C1. The minimum absolute atomic E-state index is 0.207. The van der Waals surface area contributed by atoms with Gasteiger partial charge in [0.05, 0.1) is 6.61 Å². The quantitative estimate of drug-likeness (QED) is 0.581. The molecule has 2 fully saturated rings. The van der Waals surface area contributed by atoms with Crippen molar-refractivity contribution >= 4 is 12.1 Å². The number of carbonyl (C=O) groups excluding carboxylic acids is 2. The molecule has 2 aliphatic rings. The highest BCUT2D eigenvalue weighted by molar-refractivity contribution is 5.88. The second-order valence-corrected chi connectivity index (χ2v) is 7.26. The van der Waals surface area contributed by atoms with Crippen LogP contribution in [0.15, 0.2) is 11.1 Å². The molecule has 5 nitrogen and oxygen atoms in total. The Hall–Kier alpha value is -1.52. The summed E-state index contributed by atoms with van der Waals surface area (Å²) in [6.07, 6.45) is 1.54. The molecule has 0 aromatic carbocycles. The van der Waals surface area contributed by atoms with Crippen molar-refractivity contribution in [1.29, 1.82) is 0 Å². The van der Waals surface area contributed by atoms with E-state index in [0.717, 1.165) is 31.5 Å². The Labute approximate surface area is 132 Å². The smallest absolute Gasteiger partial charge is 0.410 e. The van der Waals surface area contributed by atoms with Crippen LogP contribution in [0.2, 0.25) is 0 Å². The van der Waals surface area contributed by atoms with E-state index in [2.05, 4.69) is 0 Å². The maximum absolute atomic E-state index is 12.1. The third kappa shape index (κ3) is 3.81. The van der Waals surface area contributed by atoms with Crippen molar-refractivity contribution in [3.05, 3.63) is 11.1 Å². The number of allylic oxidation sites excluding steroid dienone is 1. The summed E-state index contributed by atoms with van der Waals surface area (Å²) >= 11 is 0. The van der Waals surface area contributed by atoms with Gasteiger partial charge in [-0.2, -0.15) is 0 Å². The Balaban J connectivity index is 1.95. The molecule has 0 N–H and O–H groups in total. The predicted octanol–water partition coefficient (Wildman–Crippen LogP) is 3.14. The van der Waals surface area contributed by atoms with Gasteiger partial charge in [0.25, 0.3) is 0 Å². The number of carbonyl (C=O) groups is 2. The van der Waals surface area contributed by atoms with Crippen LogP contribution in [0.3, 0.4) is 0 Å². The number of hydrogen-bond acceptors (Lipinski definition) is 4. The van der Waals surface area contributed by atoms with Crippen LogP contribution in [-0.4, -0.2) is 42.3 Å². The van der Waals surface area contributed by atoms with Gasteiger partial charge < -0.3 is 14.4 Å². The summed E-state index contributed by atoms with van der Waals surface area (Å²) in [7, 11) is 0. The first-order chi connectivity index (χ1) is 10.2. The third-order valence-corrected chi connectivity index (χ3v) is 4.36. The fourth-order valence-corrected chi connectivity index (χ4v) is 3.28. The van der Waals surface area contributed by atoms with Crippen LogP contribution in [0.25, 0.3) is 0 Å². The lowest BCUT2D eigenvalue weighted by atomic mass is 10.0. The maximum atomic E-state index is 12.1. The van der Waals surface area contributed by atoms with Crippen molar-refractivity contribution in [1.82, 2.24) is 4.90 Å². The second-order valence-electron chi connectivity index (χ2n) is 7.26. The van der Waals surface area contributed by atoms with E-state index in [1.807, 2.05) is 34.6 Å². The molecule has 22 heavy (non-hydrogen) atoms. The molecule has 0 spiro atoms. The predicted molar refractivity (Wildman–Crippen MR) is 83.4 cm³/mol. The molecular formula is C17H27NO4. The number of amides is 1. The van der Waals surface area contributed by atoms with Crippen molar-refractivity contribution in [2.24, 2.45) is 11.8 Å². The van der Waals surface area contributed by atoms with E-state index >= 15 is 0 Å². The van der Waals surface area contributed by atoms with Crippen molar-refractivity contribution in [3.8, 4) is 0 Å². The zero-order valence-electron chi connectivity index (χ0n) is 14.3. The molecule has 0 aromatic rings. The van der Waals surface area contributed by atoms with Gasteiger partial charge in [-0.3, -0.25) is 0 Å². The van der Waals surface area contributed by atoms with Crippen LogP contribution in [0.1, 0.15) is 47.5 Å². The van der Waals surface area contributed by atoms with Gasteiger partial charge in [-0.1, -0.05) is 5.57 Å². The number of likely N-dealkylation sites (tertiary alicyclic amines) is 1. The summed E-state index contributed by atoms with van der Waals surface area (Å²) < 4.78 is 10.5. The number of esters is 1. The molecular weight excluding hydrogens is 282 g/mol. The molecule has 0 bridgehead atoms. The molecule has 1 aliphatic carbocycles. The highest BCUT2D eigenvalue weighted by Gasteiger charge is 2.42. The van der Waals surface area contributed by atoms with E-state index in [-0.39, 0.29) is 12.1 Å². The summed E-state index contributed by atoms with van der Waals surface area (Å²) in [5, 5.41) is 0. The number of ether oxygens (including phenoxy) is 2. The monoisotopic (exact) mass is 309 g/mol. The summed E-state index contributed by atoms with van der Waals surface area (Å²) in [5.74, 6) is 0.667. The van der Waals surface area contributed by atoms with Crippen LogP contribution < -0.4 is 0 Å². The van der Waals surface area contributed by atoms with E-state index in [0.29, 0.717) is 18.4 Å². The summed E-state index contributed by atoms with van der Waals surface area (Å²) in [4.78, 5) is 25.7. The molecule has 1 amide bonds. The average Bonchev–Trinajstić information content (AvgIpc) is 2.93. The molecule has 5 heteroatoms. The Kier molecular flexibility index (Phi) is 4.83. The van der Waals surface area contributed by atoms with Crippen molar-refractivity contribution < 1.29 is 19.1 Å². The lowest BCUT2D eigenvalue weighted by Crippen LogP contribution is -2.35. The van der Waals surface area contributed by atoms with E-state index in [1.54, 1.807) is 4.90 Å². The Morgan fingerprint density at radius 1 is 1.18 bits per heavy atom. The largest absolute Gasteiger partial charge is 0.463 e. The fourth-order valence-electron chi connectivity index (χ4n) is 3.28. The van der Waals surface area contributed by atoms with Gasteiger partial charge in [-0.25, -0.2) is 9.59 Å². The second kappa shape index (κ2) is 6.31. The minimum atomic E-state index is -0.458. The Morgan fingerprint density at radius 3 is 2.18 bits per heavy atom. The molecule has 0 aromatic heterocycles. The zero-order valence-corrected chi connectivity index (χ0v) is 14.3. The van der Waals surface area contributed by atoms with Gasteiger partial charge in [-0.15, -0.1) is 0 Å². The van der Waals surface area contributed by atoms with Gasteiger partial charge in [0, 0.05) is 18.7 Å². The van der Waals surface area contributed by atoms with Gasteiger partial charge in [0.2, 0.25) is 0 Å². The normalized spacial score (nSPS) is 24.2. The highest BCUT2D eigenvalue weighted by Crippen LogP contribution is 2.42. The van der Waals surface area contributed by atoms with Crippen LogP contribution in [-0.2, 0) is 14.3 Å². The van der Waals surface area contributed by atoms with Crippen LogP contribution in [0.4, 0.5) is 4.79 Å². The third-order valence-electron chi connectivity index (χ3n) is 4.36. The van der Waals surface area contributed by atoms with Crippen LogP contribution in [0.5, 0.6) is 0 Å². The first-order valence-electron chi connectivity index (χ1n) is 8.05. The van der Waals surface area contributed by atoms with Crippen molar-refractivity contribution in [2.45, 2.75) is 53.1 Å². The minimum Gasteiger partial charge on any atom is -0.463 e. The molecule has 2 atom stereocenters.